The Balaban J connectivity index is 2.95. The summed E-state index contributed by atoms with van der Waals surface area (Å²) in [5.41, 5.74) is 0.0748. The molecule has 0 saturated carbocycles. The molecule has 100 valence electrons. The van der Waals surface area contributed by atoms with E-state index in [1.54, 1.807) is 6.92 Å². The number of nitro benzene ring substituents is 1. The molecule has 1 aromatic carbocycles. The summed E-state index contributed by atoms with van der Waals surface area (Å²) in [5.74, 6) is 5.14. The SMILES string of the molecule is CCOC(=O)CC#Cc1cc(OC)ccc1[N+](=O)[O-]. The van der Waals surface area contributed by atoms with Gasteiger partial charge in [-0.1, -0.05) is 11.8 Å². The summed E-state index contributed by atoms with van der Waals surface area (Å²) in [6, 6.07) is 4.25. The lowest BCUT2D eigenvalue weighted by molar-refractivity contribution is -0.385. The second kappa shape index (κ2) is 7.01. The molecule has 19 heavy (non-hydrogen) atoms. The molecule has 0 aliphatic carbocycles. The Kier molecular flexibility index (Phi) is 5.35. The Hall–Kier alpha value is -2.55. The van der Waals surface area contributed by atoms with Crippen LogP contribution >= 0.6 is 0 Å². The van der Waals surface area contributed by atoms with Crippen molar-refractivity contribution in [3.63, 3.8) is 0 Å². The zero-order valence-electron chi connectivity index (χ0n) is 10.6. The van der Waals surface area contributed by atoms with Crippen molar-refractivity contribution < 1.29 is 19.2 Å². The first-order valence-electron chi connectivity index (χ1n) is 5.55. The zero-order valence-corrected chi connectivity index (χ0v) is 10.6. The van der Waals surface area contributed by atoms with Crippen LogP contribution in [-0.4, -0.2) is 24.6 Å². The maximum absolute atomic E-state index is 11.1. The van der Waals surface area contributed by atoms with Crippen LogP contribution in [0.15, 0.2) is 18.2 Å². The number of nitro groups is 1. The average Bonchev–Trinajstić information content (AvgIpc) is 2.38. The van der Waals surface area contributed by atoms with Crippen molar-refractivity contribution in [2.24, 2.45) is 0 Å². The van der Waals surface area contributed by atoms with Gasteiger partial charge in [0, 0.05) is 12.1 Å². The van der Waals surface area contributed by atoms with Crippen LogP contribution in [0.2, 0.25) is 0 Å². The van der Waals surface area contributed by atoms with Crippen molar-refractivity contribution in [3.8, 4) is 17.6 Å². The lowest BCUT2D eigenvalue weighted by Gasteiger charge is -2.00. The molecule has 0 fully saturated rings. The Bertz CT molecular complexity index is 542. The van der Waals surface area contributed by atoms with E-state index < -0.39 is 10.9 Å². The second-order valence-corrected chi connectivity index (χ2v) is 3.42. The largest absolute Gasteiger partial charge is 0.497 e. The predicted octanol–water partition coefficient (Wildman–Crippen LogP) is 1.91. The number of methoxy groups -OCH3 is 1. The summed E-state index contributed by atoms with van der Waals surface area (Å²) in [7, 11) is 1.46. The lowest BCUT2D eigenvalue weighted by Crippen LogP contribution is -2.01. The van der Waals surface area contributed by atoms with Gasteiger partial charge in [-0.25, -0.2) is 0 Å². The van der Waals surface area contributed by atoms with Crippen molar-refractivity contribution in [1.82, 2.24) is 0 Å². The fourth-order valence-electron chi connectivity index (χ4n) is 1.33. The molecule has 0 spiro atoms. The zero-order chi connectivity index (χ0) is 14.3. The molecule has 6 heteroatoms. The highest BCUT2D eigenvalue weighted by molar-refractivity contribution is 5.72. The third-order valence-corrected chi connectivity index (χ3v) is 2.16. The maximum Gasteiger partial charge on any atom is 0.317 e. The Labute approximate surface area is 110 Å². The minimum atomic E-state index is -0.534. The maximum atomic E-state index is 11.1. The monoisotopic (exact) mass is 263 g/mol. The topological polar surface area (TPSA) is 78.7 Å². The van der Waals surface area contributed by atoms with Gasteiger partial charge in [0.05, 0.1) is 18.6 Å². The fraction of sp³-hybridized carbons (Fsp3) is 0.308. The molecular weight excluding hydrogens is 250 g/mol. The number of rotatable bonds is 4. The van der Waals surface area contributed by atoms with Crippen LogP contribution in [0, 0.1) is 22.0 Å². The molecule has 0 bridgehead atoms. The van der Waals surface area contributed by atoms with E-state index >= 15 is 0 Å². The highest BCUT2D eigenvalue weighted by Crippen LogP contribution is 2.22. The fourth-order valence-corrected chi connectivity index (χ4v) is 1.33. The molecule has 0 aliphatic heterocycles. The van der Waals surface area contributed by atoms with Gasteiger partial charge in [0.1, 0.15) is 17.7 Å². The number of hydrogen-bond acceptors (Lipinski definition) is 5. The van der Waals surface area contributed by atoms with Gasteiger partial charge in [0.15, 0.2) is 0 Å². The molecule has 0 amide bonds. The van der Waals surface area contributed by atoms with Crippen LogP contribution in [0.4, 0.5) is 5.69 Å². The van der Waals surface area contributed by atoms with E-state index in [0.717, 1.165) is 0 Å². The molecule has 0 aromatic heterocycles. The minimum Gasteiger partial charge on any atom is -0.497 e. The molecule has 0 saturated heterocycles. The van der Waals surface area contributed by atoms with Crippen LogP contribution in [0.25, 0.3) is 0 Å². The molecule has 1 rings (SSSR count). The van der Waals surface area contributed by atoms with Gasteiger partial charge in [-0.2, -0.15) is 0 Å². The normalized spacial score (nSPS) is 9.16. The minimum absolute atomic E-state index is 0.109. The van der Waals surface area contributed by atoms with Crippen molar-refractivity contribution in [2.45, 2.75) is 13.3 Å². The van der Waals surface area contributed by atoms with E-state index in [1.165, 1.54) is 25.3 Å². The number of benzene rings is 1. The predicted molar refractivity (Wildman–Crippen MR) is 67.8 cm³/mol. The van der Waals surface area contributed by atoms with E-state index in [4.69, 9.17) is 9.47 Å². The van der Waals surface area contributed by atoms with Gasteiger partial charge in [-0.15, -0.1) is 0 Å². The number of esters is 1. The van der Waals surface area contributed by atoms with Crippen LogP contribution in [-0.2, 0) is 9.53 Å². The van der Waals surface area contributed by atoms with E-state index in [-0.39, 0.29) is 24.3 Å². The number of carbonyl (C=O) groups is 1. The van der Waals surface area contributed by atoms with Crippen LogP contribution in [0.1, 0.15) is 18.9 Å². The van der Waals surface area contributed by atoms with Gasteiger partial charge >= 0.3 is 5.97 Å². The first kappa shape index (κ1) is 14.5. The summed E-state index contributed by atoms with van der Waals surface area (Å²) in [4.78, 5) is 21.4. The van der Waals surface area contributed by atoms with Gasteiger partial charge in [0.25, 0.3) is 5.69 Å². The Morgan fingerprint density at radius 2 is 2.21 bits per heavy atom. The van der Waals surface area contributed by atoms with E-state index in [1.807, 2.05) is 0 Å². The molecule has 0 unspecified atom stereocenters. The summed E-state index contributed by atoms with van der Waals surface area (Å²) in [5, 5.41) is 10.8. The standard InChI is InChI=1S/C13H13NO5/c1-3-19-13(15)6-4-5-10-9-11(18-2)7-8-12(10)14(16)17/h7-9H,3,6H2,1-2H3. The van der Waals surface area contributed by atoms with Crippen molar-refractivity contribution in [3.05, 3.63) is 33.9 Å². The quantitative estimate of drug-likeness (QED) is 0.359. The molecule has 0 atom stereocenters. The Morgan fingerprint density at radius 3 is 2.79 bits per heavy atom. The number of nitrogens with zero attached hydrogens (tertiary/aromatic N) is 1. The third kappa shape index (κ3) is 4.32. The summed E-state index contributed by atoms with van der Waals surface area (Å²) >= 11 is 0. The number of carbonyl (C=O) groups excluding carboxylic acids is 1. The molecule has 0 N–H and O–H groups in total. The molecule has 0 heterocycles. The van der Waals surface area contributed by atoms with Gasteiger partial charge in [-0.3, -0.25) is 14.9 Å². The van der Waals surface area contributed by atoms with Gasteiger partial charge < -0.3 is 9.47 Å². The van der Waals surface area contributed by atoms with Gasteiger partial charge in [0.2, 0.25) is 0 Å². The first-order valence-corrected chi connectivity index (χ1v) is 5.55. The molecular formula is C13H13NO5. The van der Waals surface area contributed by atoms with E-state index in [0.29, 0.717) is 5.75 Å². The highest BCUT2D eigenvalue weighted by Gasteiger charge is 2.12. The van der Waals surface area contributed by atoms with Gasteiger partial charge in [-0.05, 0) is 13.0 Å². The summed E-state index contributed by atoms with van der Waals surface area (Å²) < 4.78 is 9.68. The second-order valence-electron chi connectivity index (χ2n) is 3.42. The smallest absolute Gasteiger partial charge is 0.317 e. The first-order chi connectivity index (χ1) is 9.08. The number of ether oxygens (including phenoxy) is 2. The van der Waals surface area contributed by atoms with Crippen LogP contribution in [0.5, 0.6) is 5.75 Å². The van der Waals surface area contributed by atoms with Crippen LogP contribution in [0.3, 0.4) is 0 Å². The van der Waals surface area contributed by atoms with E-state index in [2.05, 4.69) is 11.8 Å². The van der Waals surface area contributed by atoms with E-state index in [9.17, 15) is 14.9 Å². The molecule has 1 aromatic rings. The Morgan fingerprint density at radius 1 is 1.47 bits per heavy atom. The molecule has 0 aliphatic rings. The average molecular weight is 263 g/mol. The number of hydrogen-bond donors (Lipinski definition) is 0. The highest BCUT2D eigenvalue weighted by atomic mass is 16.6. The molecule has 0 radical (unpaired) electrons. The summed E-state index contributed by atoms with van der Waals surface area (Å²) in [6.07, 6.45) is -0.109. The van der Waals surface area contributed by atoms with Crippen molar-refractivity contribution in [2.75, 3.05) is 13.7 Å². The van der Waals surface area contributed by atoms with Crippen molar-refractivity contribution >= 4 is 11.7 Å². The van der Waals surface area contributed by atoms with Crippen molar-refractivity contribution in [1.29, 1.82) is 0 Å². The lowest BCUT2D eigenvalue weighted by atomic mass is 10.1. The van der Waals surface area contributed by atoms with Crippen LogP contribution < -0.4 is 4.74 Å². The molecule has 6 nitrogen and oxygen atoms in total. The third-order valence-electron chi connectivity index (χ3n) is 2.16. The summed E-state index contributed by atoms with van der Waals surface area (Å²) in [6.45, 7) is 1.97.